The van der Waals surface area contributed by atoms with Crippen molar-refractivity contribution in [2.75, 3.05) is 13.2 Å². The van der Waals surface area contributed by atoms with Crippen LogP contribution >= 0.6 is 7.60 Å². The number of hydrogen-bond acceptors (Lipinski definition) is 6. The molecule has 2 aliphatic carbocycles. The number of nitrogens with zero attached hydrogens (tertiary/aromatic N) is 1. The van der Waals surface area contributed by atoms with Gasteiger partial charge in [0.15, 0.2) is 5.60 Å². The summed E-state index contributed by atoms with van der Waals surface area (Å²) in [6.07, 6.45) is 4.03. The Morgan fingerprint density at radius 3 is 2.00 bits per heavy atom. The number of fused-ring (bicyclic) bond motifs is 2. The van der Waals surface area contributed by atoms with E-state index in [2.05, 4.69) is 0 Å². The van der Waals surface area contributed by atoms with E-state index in [1.54, 1.807) is 13.8 Å². The lowest BCUT2D eigenvalue weighted by Crippen LogP contribution is -2.53. The zero-order chi connectivity index (χ0) is 27.1. The molecule has 5 rings (SSSR count). The summed E-state index contributed by atoms with van der Waals surface area (Å²) in [5, 5.41) is 0. The lowest BCUT2D eigenvalue weighted by Gasteiger charge is -2.39. The van der Waals surface area contributed by atoms with Crippen LogP contribution in [-0.2, 0) is 28.7 Å². The molecule has 0 aromatic heterocycles. The molecule has 2 aromatic rings. The van der Waals surface area contributed by atoms with Crippen LogP contribution in [0.2, 0.25) is 0 Å². The number of carbonyl (C=O) groups is 2. The summed E-state index contributed by atoms with van der Waals surface area (Å²) in [6.45, 7) is 7.95. The highest BCUT2D eigenvalue weighted by Crippen LogP contribution is 2.66. The number of benzene rings is 2. The van der Waals surface area contributed by atoms with E-state index in [1.807, 2.05) is 86.7 Å². The molecule has 0 radical (unpaired) electrons. The molecular formula is C30H36NO6P. The van der Waals surface area contributed by atoms with Crippen LogP contribution in [0, 0.1) is 23.7 Å². The minimum absolute atomic E-state index is 0.109. The van der Waals surface area contributed by atoms with Crippen molar-refractivity contribution >= 4 is 19.6 Å². The van der Waals surface area contributed by atoms with Gasteiger partial charge in [0.05, 0.1) is 30.8 Å². The molecule has 38 heavy (non-hydrogen) atoms. The largest absolute Gasteiger partial charge is 0.430 e. The molecule has 8 heteroatoms. The first-order valence-corrected chi connectivity index (χ1v) is 15.1. The van der Waals surface area contributed by atoms with E-state index in [-0.39, 0.29) is 36.9 Å². The maximum atomic E-state index is 14.5. The van der Waals surface area contributed by atoms with Crippen molar-refractivity contribution in [2.45, 2.75) is 51.4 Å². The molecule has 1 saturated heterocycles. The van der Waals surface area contributed by atoms with E-state index >= 15 is 0 Å². The van der Waals surface area contributed by atoms with Crippen LogP contribution in [0.3, 0.4) is 0 Å². The number of ether oxygens (including phenoxy) is 1. The first-order valence-electron chi connectivity index (χ1n) is 13.5. The van der Waals surface area contributed by atoms with Gasteiger partial charge in [-0.05, 0) is 38.0 Å². The van der Waals surface area contributed by atoms with Crippen molar-refractivity contribution in [2.24, 2.45) is 23.7 Å². The number of hydrogen-bond donors (Lipinski definition) is 0. The maximum absolute atomic E-state index is 14.5. The fourth-order valence-corrected chi connectivity index (χ4v) is 9.39. The Morgan fingerprint density at radius 1 is 0.974 bits per heavy atom. The Hall–Kier alpha value is -2.73. The average molecular weight is 538 g/mol. The molecule has 1 aliphatic heterocycles. The SMILES string of the molecule is CCOP(=O)(OCC)[C@@H]1[C@@H](C(=O)N2C(=O)OC(c3ccccc3)(c3ccccc3)C2C(C)C)[C@H]2C=C[C@@H]1C2. The minimum atomic E-state index is -3.62. The molecule has 202 valence electrons. The molecule has 7 nitrogen and oxygen atoms in total. The molecule has 2 amide bonds. The van der Waals surface area contributed by atoms with Gasteiger partial charge < -0.3 is 13.8 Å². The van der Waals surface area contributed by atoms with Gasteiger partial charge in [-0.3, -0.25) is 9.36 Å². The van der Waals surface area contributed by atoms with E-state index in [0.29, 0.717) is 6.42 Å². The van der Waals surface area contributed by atoms with Gasteiger partial charge in [0.2, 0.25) is 5.91 Å². The van der Waals surface area contributed by atoms with Gasteiger partial charge in [-0.1, -0.05) is 86.7 Å². The van der Waals surface area contributed by atoms with E-state index in [9.17, 15) is 14.2 Å². The van der Waals surface area contributed by atoms with E-state index in [1.165, 1.54) is 4.90 Å². The van der Waals surface area contributed by atoms with Gasteiger partial charge in [-0.15, -0.1) is 0 Å². The van der Waals surface area contributed by atoms with Gasteiger partial charge in [-0.2, -0.15) is 0 Å². The van der Waals surface area contributed by atoms with Crippen LogP contribution in [0.1, 0.15) is 45.2 Å². The summed E-state index contributed by atoms with van der Waals surface area (Å²) in [7, 11) is -3.62. The van der Waals surface area contributed by atoms with Gasteiger partial charge in [-0.25, -0.2) is 9.69 Å². The van der Waals surface area contributed by atoms with Crippen molar-refractivity contribution in [3.05, 3.63) is 83.9 Å². The Morgan fingerprint density at radius 2 is 1.50 bits per heavy atom. The Kier molecular flexibility index (Phi) is 7.38. The summed E-state index contributed by atoms with van der Waals surface area (Å²) < 4.78 is 31.8. The molecular weight excluding hydrogens is 501 g/mol. The van der Waals surface area contributed by atoms with Crippen molar-refractivity contribution in [1.29, 1.82) is 0 Å². The third-order valence-corrected chi connectivity index (χ3v) is 10.8. The quantitative estimate of drug-likeness (QED) is 0.272. The number of amides is 2. The van der Waals surface area contributed by atoms with E-state index in [0.717, 1.165) is 11.1 Å². The second-order valence-electron chi connectivity index (χ2n) is 10.6. The van der Waals surface area contributed by atoms with Gasteiger partial charge in [0.1, 0.15) is 0 Å². The fourth-order valence-electron chi connectivity index (χ4n) is 6.82. The summed E-state index contributed by atoms with van der Waals surface area (Å²) in [5.41, 5.74) is -0.232. The third-order valence-electron chi connectivity index (χ3n) is 8.10. The number of cyclic esters (lactones) is 1. The van der Waals surface area contributed by atoms with E-state index < -0.39 is 36.9 Å². The molecule has 1 heterocycles. The Bertz CT molecular complexity index is 1200. The number of carbonyl (C=O) groups excluding carboxylic acids is 2. The highest BCUT2D eigenvalue weighted by atomic mass is 31.2. The molecule has 1 saturated carbocycles. The molecule has 2 fully saturated rings. The molecule has 1 unspecified atom stereocenters. The lowest BCUT2D eigenvalue weighted by atomic mass is 9.75. The molecule has 5 atom stereocenters. The monoisotopic (exact) mass is 537 g/mol. The first kappa shape index (κ1) is 26.9. The second kappa shape index (κ2) is 10.4. The maximum Gasteiger partial charge on any atom is 0.418 e. The molecule has 2 aromatic carbocycles. The highest BCUT2D eigenvalue weighted by Gasteiger charge is 2.64. The van der Waals surface area contributed by atoms with Gasteiger partial charge in [0.25, 0.3) is 0 Å². The predicted molar refractivity (Wildman–Crippen MR) is 144 cm³/mol. The zero-order valence-corrected chi connectivity index (χ0v) is 23.3. The highest BCUT2D eigenvalue weighted by molar-refractivity contribution is 7.54. The van der Waals surface area contributed by atoms with Crippen LogP contribution in [0.25, 0.3) is 0 Å². The van der Waals surface area contributed by atoms with Gasteiger partial charge in [0, 0.05) is 11.1 Å². The standard InChI is InChI=1S/C30H36NO6P/c1-5-35-38(34,36-6-2)26-22-18-17-21(19-22)25(26)28(32)31-27(20(3)4)30(37-29(31)33,23-13-9-7-10-14-23)24-15-11-8-12-16-24/h7-18,20-22,25-27H,5-6,19H2,1-4H3/t21-,22+,25-,26-,27?/m0/s1. The molecule has 2 bridgehead atoms. The molecule has 3 aliphatic rings. The summed E-state index contributed by atoms with van der Waals surface area (Å²) in [6, 6.07) is 18.6. The molecule has 0 spiro atoms. The topological polar surface area (TPSA) is 82.1 Å². The third kappa shape index (κ3) is 4.16. The summed E-state index contributed by atoms with van der Waals surface area (Å²) in [4.78, 5) is 29.6. The number of allylic oxidation sites excluding steroid dienone is 2. The average Bonchev–Trinajstić information content (AvgIpc) is 3.62. The summed E-state index contributed by atoms with van der Waals surface area (Å²) >= 11 is 0. The van der Waals surface area contributed by atoms with Crippen LogP contribution in [0.15, 0.2) is 72.8 Å². The van der Waals surface area contributed by atoms with Crippen LogP contribution < -0.4 is 0 Å². The molecule has 0 N–H and O–H groups in total. The summed E-state index contributed by atoms with van der Waals surface area (Å²) in [5.74, 6) is -1.46. The van der Waals surface area contributed by atoms with Crippen molar-refractivity contribution < 1.29 is 27.9 Å². The second-order valence-corrected chi connectivity index (χ2v) is 12.8. The smallest absolute Gasteiger partial charge is 0.418 e. The Labute approximate surface area is 224 Å². The number of rotatable bonds is 9. The zero-order valence-electron chi connectivity index (χ0n) is 22.4. The predicted octanol–water partition coefficient (Wildman–Crippen LogP) is 6.39. The van der Waals surface area contributed by atoms with Crippen LogP contribution in [-0.4, -0.2) is 41.8 Å². The lowest BCUT2D eigenvalue weighted by molar-refractivity contribution is -0.135. The normalized spacial score (nSPS) is 27.8. The van der Waals surface area contributed by atoms with Crippen molar-refractivity contribution in [1.82, 2.24) is 4.90 Å². The van der Waals surface area contributed by atoms with Crippen molar-refractivity contribution in [3.8, 4) is 0 Å². The number of imide groups is 1. The first-order chi connectivity index (χ1) is 18.3. The Balaban J connectivity index is 1.62. The van der Waals surface area contributed by atoms with Crippen LogP contribution in [0.5, 0.6) is 0 Å². The fraction of sp³-hybridized carbons (Fsp3) is 0.467. The van der Waals surface area contributed by atoms with Crippen molar-refractivity contribution in [3.63, 3.8) is 0 Å². The van der Waals surface area contributed by atoms with E-state index in [4.69, 9.17) is 13.8 Å². The minimum Gasteiger partial charge on any atom is -0.430 e. The van der Waals surface area contributed by atoms with Crippen LogP contribution in [0.4, 0.5) is 4.79 Å². The van der Waals surface area contributed by atoms with Gasteiger partial charge >= 0.3 is 13.7 Å².